The van der Waals surface area contributed by atoms with Crippen LogP contribution in [0.15, 0.2) is 36.8 Å². The first-order valence-electron chi connectivity index (χ1n) is 9.58. The van der Waals surface area contributed by atoms with Gasteiger partial charge in [-0.05, 0) is 49.6 Å². The number of phenolic OH excluding ortho intramolecular Hbond substituents is 1. The standard InChI is InChI=1S/C21H18F3N5O/c1-11-6-13(21(22,23)24)7-18(30)19(11)16-4-2-12-9-29(28-20(12)27-16)14-3-5-15-17(8-14)26-10-25-15/h2,4,6-7,9-10,14,30H,3,5,8H2,1H3,(H,25,26)/t14-/m0/s1. The molecule has 0 fully saturated rings. The van der Waals surface area contributed by atoms with Crippen molar-refractivity contribution in [3.05, 3.63) is 59.3 Å². The molecule has 154 valence electrons. The molecule has 2 N–H and O–H groups in total. The molecule has 0 radical (unpaired) electrons. The topological polar surface area (TPSA) is 79.6 Å². The molecule has 30 heavy (non-hydrogen) atoms. The minimum atomic E-state index is -4.52. The first kappa shape index (κ1) is 18.7. The summed E-state index contributed by atoms with van der Waals surface area (Å²) in [7, 11) is 0. The van der Waals surface area contributed by atoms with Crippen molar-refractivity contribution in [1.82, 2.24) is 24.7 Å². The van der Waals surface area contributed by atoms with Gasteiger partial charge in [0.1, 0.15) is 5.75 Å². The van der Waals surface area contributed by atoms with Crippen molar-refractivity contribution in [3.8, 4) is 17.0 Å². The highest BCUT2D eigenvalue weighted by Crippen LogP contribution is 2.39. The van der Waals surface area contributed by atoms with Gasteiger partial charge in [0.2, 0.25) is 0 Å². The summed E-state index contributed by atoms with van der Waals surface area (Å²) in [5, 5.41) is 15.7. The zero-order chi connectivity index (χ0) is 21.0. The van der Waals surface area contributed by atoms with E-state index in [9.17, 15) is 18.3 Å². The first-order valence-corrected chi connectivity index (χ1v) is 9.58. The lowest BCUT2D eigenvalue weighted by Gasteiger charge is -2.21. The average Bonchev–Trinajstić information content (AvgIpc) is 3.32. The molecule has 9 heteroatoms. The molecule has 0 amide bonds. The summed E-state index contributed by atoms with van der Waals surface area (Å²) in [5.74, 6) is -0.451. The van der Waals surface area contributed by atoms with Gasteiger partial charge in [-0.2, -0.15) is 18.3 Å². The van der Waals surface area contributed by atoms with Gasteiger partial charge >= 0.3 is 6.18 Å². The third kappa shape index (κ3) is 3.10. The number of halogens is 3. The fourth-order valence-electron chi connectivity index (χ4n) is 4.12. The molecule has 4 aromatic rings. The Balaban J connectivity index is 1.51. The molecule has 0 saturated carbocycles. The number of benzene rings is 1. The molecule has 3 aromatic heterocycles. The van der Waals surface area contributed by atoms with Gasteiger partial charge in [-0.25, -0.2) is 9.97 Å². The molecule has 0 unspecified atom stereocenters. The van der Waals surface area contributed by atoms with Gasteiger partial charge in [0.15, 0.2) is 5.65 Å². The predicted molar refractivity (Wildman–Crippen MR) is 104 cm³/mol. The van der Waals surface area contributed by atoms with Gasteiger partial charge in [0.25, 0.3) is 0 Å². The lowest BCUT2D eigenvalue weighted by molar-refractivity contribution is -0.137. The van der Waals surface area contributed by atoms with Gasteiger partial charge in [-0.3, -0.25) is 4.68 Å². The van der Waals surface area contributed by atoms with Crippen molar-refractivity contribution >= 4 is 11.0 Å². The molecule has 0 saturated heterocycles. The van der Waals surface area contributed by atoms with Crippen molar-refractivity contribution < 1.29 is 18.3 Å². The van der Waals surface area contributed by atoms with Crippen LogP contribution in [0.1, 0.15) is 35.0 Å². The van der Waals surface area contributed by atoms with E-state index in [4.69, 9.17) is 0 Å². The fraction of sp³-hybridized carbons (Fsp3) is 0.286. The summed E-state index contributed by atoms with van der Waals surface area (Å²) < 4.78 is 40.9. The Kier molecular flexibility index (Phi) is 4.09. The number of hydrogen-bond acceptors (Lipinski definition) is 4. The van der Waals surface area contributed by atoms with E-state index in [-0.39, 0.29) is 11.6 Å². The number of aromatic amines is 1. The van der Waals surface area contributed by atoms with E-state index in [2.05, 4.69) is 20.1 Å². The normalized spacial score (nSPS) is 16.7. The number of alkyl halides is 3. The molecular formula is C21H18F3N5O. The zero-order valence-corrected chi connectivity index (χ0v) is 16.0. The number of pyridine rings is 1. The van der Waals surface area contributed by atoms with Gasteiger partial charge < -0.3 is 10.1 Å². The smallest absolute Gasteiger partial charge is 0.416 e. The Bertz CT molecular complexity index is 1230. The molecule has 0 bridgehead atoms. The van der Waals surface area contributed by atoms with Crippen molar-refractivity contribution in [2.24, 2.45) is 0 Å². The minimum absolute atomic E-state index is 0.178. The van der Waals surface area contributed by atoms with E-state index < -0.39 is 17.5 Å². The molecule has 1 atom stereocenters. The van der Waals surface area contributed by atoms with Crippen LogP contribution in [-0.4, -0.2) is 29.8 Å². The van der Waals surface area contributed by atoms with Gasteiger partial charge in [0.05, 0.1) is 29.3 Å². The molecular weight excluding hydrogens is 395 g/mol. The number of H-pyrrole nitrogens is 1. The lowest BCUT2D eigenvalue weighted by Crippen LogP contribution is -2.19. The van der Waals surface area contributed by atoms with Crippen molar-refractivity contribution in [2.75, 3.05) is 0 Å². The summed E-state index contributed by atoms with van der Waals surface area (Å²) in [4.78, 5) is 12.0. The molecule has 6 nitrogen and oxygen atoms in total. The Labute approximate surface area is 169 Å². The van der Waals surface area contributed by atoms with Crippen molar-refractivity contribution in [3.63, 3.8) is 0 Å². The average molecular weight is 413 g/mol. The van der Waals surface area contributed by atoms with E-state index in [0.29, 0.717) is 16.9 Å². The van der Waals surface area contributed by atoms with Crippen LogP contribution in [0.3, 0.4) is 0 Å². The van der Waals surface area contributed by atoms with Gasteiger partial charge in [-0.15, -0.1) is 0 Å². The number of aryl methyl sites for hydroxylation is 2. The number of nitrogens with zero attached hydrogens (tertiary/aromatic N) is 4. The lowest BCUT2D eigenvalue weighted by atomic mass is 9.96. The summed E-state index contributed by atoms with van der Waals surface area (Å²) in [5.41, 5.74) is 2.77. The molecule has 1 aromatic carbocycles. The van der Waals surface area contributed by atoms with Crippen LogP contribution in [0, 0.1) is 6.92 Å². The number of aromatic nitrogens is 5. The summed E-state index contributed by atoms with van der Waals surface area (Å²) in [6.45, 7) is 1.53. The van der Waals surface area contributed by atoms with Crippen LogP contribution < -0.4 is 0 Å². The maximum atomic E-state index is 13.0. The summed E-state index contributed by atoms with van der Waals surface area (Å²) in [6, 6.07) is 5.44. The van der Waals surface area contributed by atoms with E-state index in [1.165, 1.54) is 6.92 Å². The molecule has 1 aliphatic carbocycles. The van der Waals surface area contributed by atoms with Gasteiger partial charge in [0, 0.05) is 29.3 Å². The van der Waals surface area contributed by atoms with Crippen LogP contribution in [0.5, 0.6) is 5.75 Å². The summed E-state index contributed by atoms with van der Waals surface area (Å²) in [6.07, 6.45) is 1.70. The largest absolute Gasteiger partial charge is 0.507 e. The second kappa shape index (κ2) is 6.58. The monoisotopic (exact) mass is 413 g/mol. The highest BCUT2D eigenvalue weighted by Gasteiger charge is 2.32. The van der Waals surface area contributed by atoms with Crippen LogP contribution >= 0.6 is 0 Å². The second-order valence-corrected chi connectivity index (χ2v) is 7.63. The SMILES string of the molecule is Cc1cc(C(F)(F)F)cc(O)c1-c1ccc2cn([C@H]3CCc4nc[nH]c4C3)nc2n1. The maximum absolute atomic E-state index is 13.0. The number of hydrogen-bond donors (Lipinski definition) is 2. The van der Waals surface area contributed by atoms with E-state index in [1.54, 1.807) is 12.4 Å². The van der Waals surface area contributed by atoms with Crippen LogP contribution in [0.25, 0.3) is 22.3 Å². The maximum Gasteiger partial charge on any atom is 0.416 e. The van der Waals surface area contributed by atoms with E-state index in [1.807, 2.05) is 16.9 Å². The minimum Gasteiger partial charge on any atom is -0.507 e. The number of nitrogens with one attached hydrogen (secondary N) is 1. The van der Waals surface area contributed by atoms with Crippen molar-refractivity contribution in [1.29, 1.82) is 0 Å². The highest BCUT2D eigenvalue weighted by atomic mass is 19.4. The predicted octanol–water partition coefficient (Wildman–Crippen LogP) is 4.58. The number of aromatic hydroxyl groups is 1. The number of imidazole rings is 1. The fourth-order valence-corrected chi connectivity index (χ4v) is 4.12. The molecule has 3 heterocycles. The number of phenols is 1. The quantitative estimate of drug-likeness (QED) is 0.504. The van der Waals surface area contributed by atoms with E-state index >= 15 is 0 Å². The number of rotatable bonds is 2. The Morgan fingerprint density at radius 1 is 1.23 bits per heavy atom. The first-order chi connectivity index (χ1) is 14.3. The summed E-state index contributed by atoms with van der Waals surface area (Å²) >= 11 is 0. The molecule has 0 spiro atoms. The third-order valence-corrected chi connectivity index (χ3v) is 5.62. The Morgan fingerprint density at radius 3 is 2.83 bits per heavy atom. The third-order valence-electron chi connectivity index (χ3n) is 5.62. The van der Waals surface area contributed by atoms with Crippen molar-refractivity contribution in [2.45, 2.75) is 38.4 Å². The van der Waals surface area contributed by atoms with Gasteiger partial charge in [-0.1, -0.05) is 0 Å². The van der Waals surface area contributed by atoms with E-state index in [0.717, 1.165) is 48.2 Å². The molecule has 0 aliphatic heterocycles. The van der Waals surface area contributed by atoms with Crippen LogP contribution in [0.4, 0.5) is 13.2 Å². The Hall–Kier alpha value is -3.36. The molecule has 1 aliphatic rings. The van der Waals surface area contributed by atoms with Crippen LogP contribution in [-0.2, 0) is 19.0 Å². The molecule has 5 rings (SSSR count). The zero-order valence-electron chi connectivity index (χ0n) is 16.0. The number of fused-ring (bicyclic) bond motifs is 2. The second-order valence-electron chi connectivity index (χ2n) is 7.63. The highest BCUT2D eigenvalue weighted by molar-refractivity contribution is 5.80. The Morgan fingerprint density at radius 2 is 2.07 bits per heavy atom. The van der Waals surface area contributed by atoms with Crippen LogP contribution in [0.2, 0.25) is 0 Å².